The molecule has 0 aromatic rings. The lowest BCUT2D eigenvalue weighted by Crippen LogP contribution is -2.28. The zero-order valence-electron chi connectivity index (χ0n) is 4.62. The topological polar surface area (TPSA) is 35.5 Å². The number of halogens is 1. The molecule has 0 bridgehead atoms. The minimum absolute atomic E-state index is 0.508. The third kappa shape index (κ3) is 1.89. The first-order valence-corrected chi connectivity index (χ1v) is 5.61. The first-order valence-electron chi connectivity index (χ1n) is 2.41. The summed E-state index contributed by atoms with van der Waals surface area (Å²) in [5.41, 5.74) is 0. The van der Waals surface area contributed by atoms with Crippen molar-refractivity contribution in [3.05, 3.63) is 12.7 Å². The van der Waals surface area contributed by atoms with Crippen LogP contribution in [0.5, 0.6) is 0 Å². The summed E-state index contributed by atoms with van der Waals surface area (Å²) in [4.78, 5) is 0. The van der Waals surface area contributed by atoms with Crippen LogP contribution in [-0.4, -0.2) is 14.8 Å². The molecule has 0 atom stereocenters. The van der Waals surface area contributed by atoms with Gasteiger partial charge in [0.1, 0.15) is 0 Å². The molecule has 1 fully saturated rings. The van der Waals surface area contributed by atoms with Gasteiger partial charge in [0, 0.05) is 0 Å². The van der Waals surface area contributed by atoms with Gasteiger partial charge in [-0.1, -0.05) is 6.08 Å². The van der Waals surface area contributed by atoms with Crippen molar-refractivity contribution in [2.75, 3.05) is 0 Å². The molecule has 3 nitrogen and oxygen atoms in total. The van der Waals surface area contributed by atoms with Gasteiger partial charge in [-0.3, -0.25) is 0 Å². The van der Waals surface area contributed by atoms with Crippen LogP contribution < -0.4 is 0 Å². The maximum Gasteiger partial charge on any atom is 0.696 e. The van der Waals surface area contributed by atoms with Gasteiger partial charge in [0.2, 0.25) is 0 Å². The first-order chi connectivity index (χ1) is 4.14. The molecule has 6 heteroatoms. The van der Waals surface area contributed by atoms with Crippen molar-refractivity contribution in [3.8, 4) is 0 Å². The van der Waals surface area contributed by atoms with Crippen molar-refractivity contribution in [1.29, 1.82) is 0 Å². The highest BCUT2D eigenvalue weighted by Gasteiger charge is 2.50. The van der Waals surface area contributed by atoms with Gasteiger partial charge in [0.15, 0.2) is 0 Å². The van der Waals surface area contributed by atoms with E-state index < -0.39 is 22.7 Å². The molecule has 1 heterocycles. The summed E-state index contributed by atoms with van der Waals surface area (Å²) in [6.45, 7) is 3.39. The summed E-state index contributed by atoms with van der Waals surface area (Å²) in [5.74, 6) is 0. The second-order valence-corrected chi connectivity index (χ2v) is 5.47. The highest BCUT2D eigenvalue weighted by atomic mass is 31.2. The molecule has 0 radical (unpaired) electrons. The van der Waals surface area contributed by atoms with Gasteiger partial charge in [-0.15, -0.1) is 10.8 Å². The Balaban J connectivity index is 2.27. The monoisotopic (exact) mass is 166 g/mol. The molecular formula is C3H5AlFO3P. The van der Waals surface area contributed by atoms with Gasteiger partial charge in [-0.2, -0.15) is 0 Å². The van der Waals surface area contributed by atoms with E-state index in [1.165, 1.54) is 0 Å². The molecule has 0 amide bonds. The van der Waals surface area contributed by atoms with Gasteiger partial charge in [0.25, 0.3) is 0 Å². The van der Waals surface area contributed by atoms with Crippen molar-refractivity contribution in [1.82, 2.24) is 0 Å². The summed E-state index contributed by atoms with van der Waals surface area (Å²) in [6.07, 6.45) is 1.57. The van der Waals surface area contributed by atoms with E-state index in [0.717, 1.165) is 0 Å². The molecule has 1 rings (SSSR count). The molecule has 0 unspecified atom stereocenters. The van der Waals surface area contributed by atoms with E-state index in [4.69, 9.17) is 0 Å². The molecule has 0 N–H and O–H groups in total. The van der Waals surface area contributed by atoms with Gasteiger partial charge in [-0.05, 0) is 5.28 Å². The van der Waals surface area contributed by atoms with E-state index in [1.807, 2.05) is 0 Å². The summed E-state index contributed by atoms with van der Waals surface area (Å²) < 4.78 is 30.5. The van der Waals surface area contributed by atoms with Crippen LogP contribution in [0.4, 0.5) is 4.20 Å². The molecule has 0 spiro atoms. The standard InChI is InChI=1S/C3H5.Al.FH2O3P/c1-3-2;;1-5(2,3)4/h3H,1-2H2;;(H2,2,3,4)/q;+2;/p-2. The molecule has 0 aliphatic carbocycles. The summed E-state index contributed by atoms with van der Waals surface area (Å²) in [5, 5.41) is 0.508. The zero-order valence-corrected chi connectivity index (χ0v) is 6.67. The Morgan fingerprint density at radius 2 is 2.33 bits per heavy atom. The number of rotatable bonds is 2. The Morgan fingerprint density at radius 3 is 2.67 bits per heavy atom. The van der Waals surface area contributed by atoms with Gasteiger partial charge in [0.05, 0.1) is 0 Å². The third-order valence-corrected chi connectivity index (χ3v) is 5.46. The highest BCUT2D eigenvalue weighted by molar-refractivity contribution is 7.54. The quantitative estimate of drug-likeness (QED) is 0.356. The van der Waals surface area contributed by atoms with Crippen molar-refractivity contribution in [2.24, 2.45) is 0 Å². The lowest BCUT2D eigenvalue weighted by atomic mass is 10.8. The van der Waals surface area contributed by atoms with E-state index in [-0.39, 0.29) is 0 Å². The average molecular weight is 166 g/mol. The fourth-order valence-corrected chi connectivity index (χ4v) is 3.78. The highest BCUT2D eigenvalue weighted by Crippen LogP contribution is 2.59. The molecule has 1 aliphatic rings. The lowest BCUT2D eigenvalue weighted by molar-refractivity contribution is 0.239. The number of allylic oxidation sites excluding steroid dienone is 1. The van der Waals surface area contributed by atoms with Crippen molar-refractivity contribution >= 4 is 22.7 Å². The summed E-state index contributed by atoms with van der Waals surface area (Å²) in [6, 6.07) is 0. The van der Waals surface area contributed by atoms with Crippen LogP contribution in [-0.2, 0) is 11.7 Å². The predicted molar refractivity (Wildman–Crippen MR) is 31.6 cm³/mol. The molecular weight excluding hydrogens is 161 g/mol. The van der Waals surface area contributed by atoms with Crippen LogP contribution in [0.3, 0.4) is 0 Å². The fraction of sp³-hybridized carbons (Fsp3) is 0.333. The fourth-order valence-electron chi connectivity index (χ4n) is 0.511. The van der Waals surface area contributed by atoms with Crippen LogP contribution in [0.25, 0.3) is 0 Å². The molecule has 0 saturated carbocycles. The van der Waals surface area contributed by atoms with E-state index in [1.54, 1.807) is 6.08 Å². The van der Waals surface area contributed by atoms with Gasteiger partial charge >= 0.3 is 22.7 Å². The van der Waals surface area contributed by atoms with E-state index >= 15 is 0 Å². The van der Waals surface area contributed by atoms with E-state index in [9.17, 15) is 8.76 Å². The van der Waals surface area contributed by atoms with Crippen LogP contribution in [0, 0.1) is 0 Å². The van der Waals surface area contributed by atoms with Crippen molar-refractivity contribution in [2.45, 2.75) is 5.28 Å². The SMILES string of the molecule is C=C[CH2][Al]1[O]P(=O)(F)[O]1. The van der Waals surface area contributed by atoms with E-state index in [0.29, 0.717) is 5.28 Å². The molecule has 1 aliphatic heterocycles. The largest absolute Gasteiger partial charge is 0.696 e. The van der Waals surface area contributed by atoms with Crippen LogP contribution in [0.1, 0.15) is 0 Å². The Hall–Kier alpha value is 0.352. The Kier molecular flexibility index (Phi) is 2.10. The smallest absolute Gasteiger partial charge is 0.385 e. The molecule has 0 aromatic carbocycles. The van der Waals surface area contributed by atoms with Crippen molar-refractivity contribution < 1.29 is 15.9 Å². The predicted octanol–water partition coefficient (Wildman–Crippen LogP) is 1.78. The second-order valence-electron chi connectivity index (χ2n) is 1.60. The maximum absolute atomic E-state index is 11.9. The molecule has 50 valence electrons. The second kappa shape index (κ2) is 2.53. The first kappa shape index (κ1) is 7.46. The maximum atomic E-state index is 11.9. The van der Waals surface area contributed by atoms with Crippen LogP contribution >= 0.6 is 7.91 Å². The summed E-state index contributed by atoms with van der Waals surface area (Å²) in [7, 11) is -4.04. The molecule has 1 saturated heterocycles. The van der Waals surface area contributed by atoms with E-state index in [2.05, 4.69) is 13.7 Å². The number of hydrogen-bond donors (Lipinski definition) is 0. The van der Waals surface area contributed by atoms with Gasteiger partial charge in [-0.25, -0.2) is 4.57 Å². The van der Waals surface area contributed by atoms with Gasteiger partial charge < -0.3 is 7.15 Å². The Morgan fingerprint density at radius 1 is 1.78 bits per heavy atom. The zero-order chi connectivity index (χ0) is 6.91. The minimum atomic E-state index is -4.04. The summed E-state index contributed by atoms with van der Waals surface area (Å²) >= 11 is -1.88. The Labute approximate surface area is 57.2 Å². The third-order valence-electron chi connectivity index (χ3n) is 0.846. The van der Waals surface area contributed by atoms with Crippen molar-refractivity contribution in [3.63, 3.8) is 0 Å². The molecule has 0 aromatic heterocycles. The molecule has 9 heavy (non-hydrogen) atoms. The van der Waals surface area contributed by atoms with Crippen LogP contribution in [0.2, 0.25) is 5.28 Å². The normalized spacial score (nSPS) is 23.0. The van der Waals surface area contributed by atoms with Crippen LogP contribution in [0.15, 0.2) is 12.7 Å². The lowest BCUT2D eigenvalue weighted by Gasteiger charge is -2.24. The average Bonchev–Trinajstić information content (AvgIpc) is 1.62. The number of hydrogen-bond acceptors (Lipinski definition) is 3. The minimum Gasteiger partial charge on any atom is -0.385 e. The Bertz CT molecular complexity index is 162.